The number of likely N-dealkylation sites (N-methyl/N-ethyl adjacent to an activating group) is 6. The maximum absolute atomic E-state index is 11.4. The molecule has 0 saturated carbocycles. The lowest BCUT2D eigenvalue weighted by atomic mass is 10.2. The highest BCUT2D eigenvalue weighted by Crippen LogP contribution is 2.18. The number of ether oxygens (including phenoxy) is 9. The first-order chi connectivity index (χ1) is 59.8. The Labute approximate surface area is 878 Å². The van der Waals surface area contributed by atoms with E-state index in [4.69, 9.17) is 88.6 Å². The van der Waals surface area contributed by atoms with Gasteiger partial charge in [0, 0.05) is 15.3 Å². The lowest BCUT2D eigenvalue weighted by Crippen LogP contribution is -3.13. The number of hydrogen-bond donors (Lipinski definition) is 18. The van der Waals surface area contributed by atoms with Crippen molar-refractivity contribution < 1.29 is 176 Å². The molecule has 0 saturated heterocycles. The number of halogens is 9. The number of carbonyl (C=O) groups is 9. The molecule has 0 radical (unpaired) electrons. The van der Waals surface area contributed by atoms with Gasteiger partial charge in [-0.05, 0) is 110 Å². The van der Waals surface area contributed by atoms with Gasteiger partial charge in [0.05, 0.1) is 138 Å². The normalized spacial score (nSPS) is 12.0. The Morgan fingerprint density at radius 2 is 0.444 bits per heavy atom. The minimum atomic E-state index is -0.508. The molecule has 0 aliphatic heterocycles. The van der Waals surface area contributed by atoms with Crippen LogP contribution in [0.4, 0.5) is 0 Å². The average molecular weight is 2850 g/mol. The van der Waals surface area contributed by atoms with Gasteiger partial charge in [0.2, 0.25) is 0 Å². The number of carbonyl (C=O) groups excluding carboxylic acids is 9. The quantitative estimate of drug-likeness (QED) is 0.0116. The predicted octanol–water partition coefficient (Wildman–Crippen LogP) is -6.74. The van der Waals surface area contributed by atoms with Gasteiger partial charge in [0.25, 0.3) is 0 Å². The van der Waals surface area contributed by atoms with Crippen molar-refractivity contribution in [3.05, 3.63) is 0 Å². The SMILES string of the molecule is CC(C)(I)C(=O)OCC[NH+](CCO)CCO.CC(I)C(=O)OCC[NH+](CCO)CCO.CC[NH+](CC)CCOC(=O)C(C)(C)I.CC[NH+](CC)CCOC(=O)C(C)I.CC[NH+](CC)CCOC(=O)CI.CC[NH+](CCO)CCOC(=O)CCCI.CC[NH+](CCO)CCOC(=O)CCI.CC[NH+](CCO)CCOC(=O)CI.O=C(CI)OCC[NH+](CCO)CCO. The van der Waals surface area contributed by atoms with Gasteiger partial charge in [-0.2, -0.15) is 0 Å². The summed E-state index contributed by atoms with van der Waals surface area (Å²) in [4.78, 5) is 111. The zero-order valence-electron chi connectivity index (χ0n) is 78.4. The highest BCUT2D eigenvalue weighted by atomic mass is 127. The number of hydrogen-bond acceptors (Lipinski definition) is 27. The smallest absolute Gasteiger partial charge is 0.321 e. The first-order valence-corrected chi connectivity index (χ1v) is 56.0. The molecule has 36 nitrogen and oxygen atoms in total. The van der Waals surface area contributed by atoms with E-state index >= 15 is 0 Å². The number of nitrogens with one attached hydrogen (secondary N) is 9. The summed E-state index contributed by atoms with van der Waals surface area (Å²) in [6.45, 7) is 56.8. The maximum atomic E-state index is 11.4. The van der Waals surface area contributed by atoms with E-state index in [2.05, 4.69) is 146 Å². The van der Waals surface area contributed by atoms with E-state index in [0.717, 1.165) is 148 Å². The van der Waals surface area contributed by atoms with Crippen LogP contribution in [0.2, 0.25) is 0 Å². The molecule has 0 aliphatic rings. The van der Waals surface area contributed by atoms with Gasteiger partial charge in [-0.1, -0.05) is 203 Å². The molecule has 0 amide bonds. The fourth-order valence-electron chi connectivity index (χ4n) is 9.63. The van der Waals surface area contributed by atoms with E-state index in [1.54, 1.807) is 20.8 Å². The van der Waals surface area contributed by atoms with Crippen LogP contribution >= 0.6 is 203 Å². The Hall–Kier alpha value is 1.08. The monoisotopic (exact) mass is 2840 g/mol. The first kappa shape index (κ1) is 145. The summed E-state index contributed by atoms with van der Waals surface area (Å²) in [6.07, 6.45) is 1.90. The molecule has 5 atom stereocenters. The lowest BCUT2D eigenvalue weighted by molar-refractivity contribution is -0.901. The van der Waals surface area contributed by atoms with Crippen molar-refractivity contribution in [2.75, 3.05) is 318 Å². The summed E-state index contributed by atoms with van der Waals surface area (Å²) in [5.41, 5.74) is 0. The van der Waals surface area contributed by atoms with Crippen LogP contribution in [0.5, 0.6) is 0 Å². The van der Waals surface area contributed by atoms with E-state index < -0.39 is 6.84 Å². The van der Waals surface area contributed by atoms with E-state index in [1.165, 1.54) is 29.4 Å². The van der Waals surface area contributed by atoms with Gasteiger partial charge < -0.3 is 133 Å². The number of aliphatic hydroxyl groups is 9. The average Bonchev–Trinajstić information content (AvgIpc) is 0.921. The van der Waals surface area contributed by atoms with Gasteiger partial charge in [-0.3, -0.25) is 43.2 Å². The van der Waals surface area contributed by atoms with E-state index in [0.29, 0.717) is 144 Å². The van der Waals surface area contributed by atoms with Gasteiger partial charge in [0.1, 0.15) is 192 Å². The fourth-order valence-corrected chi connectivity index (χ4v) is 11.8. The van der Waals surface area contributed by atoms with Gasteiger partial charge in [-0.25, -0.2) is 0 Å². The molecule has 0 fully saturated rings. The second-order valence-corrected chi connectivity index (χ2v) is 42.0. The molecule has 126 heavy (non-hydrogen) atoms. The van der Waals surface area contributed by atoms with Gasteiger partial charge in [-0.15, -0.1) is 0 Å². The topological polar surface area (TPSA) is 459 Å². The summed E-state index contributed by atoms with van der Waals surface area (Å²) in [7, 11) is 0. The van der Waals surface area contributed by atoms with Crippen molar-refractivity contribution in [1.29, 1.82) is 0 Å². The molecule has 5 unspecified atom stereocenters. The van der Waals surface area contributed by atoms with Crippen LogP contribution in [0, 0.1) is 0 Å². The van der Waals surface area contributed by atoms with Crippen LogP contribution in [0.15, 0.2) is 0 Å². The highest BCUT2D eigenvalue weighted by molar-refractivity contribution is 14.1. The molecular formula is C81H171I9N9O27+9. The first-order valence-electron chi connectivity index (χ1n) is 43.7. The molecule has 45 heteroatoms. The van der Waals surface area contributed by atoms with Crippen LogP contribution < -0.4 is 44.1 Å². The van der Waals surface area contributed by atoms with Crippen molar-refractivity contribution in [2.24, 2.45) is 0 Å². The minimum Gasteiger partial charge on any atom is -0.460 e. The molecule has 0 aromatic rings. The van der Waals surface area contributed by atoms with Crippen LogP contribution in [0.1, 0.15) is 123 Å². The summed E-state index contributed by atoms with van der Waals surface area (Å²) in [6, 6.07) is 0. The van der Waals surface area contributed by atoms with Crippen molar-refractivity contribution >= 4 is 257 Å². The summed E-state index contributed by atoms with van der Waals surface area (Å²) in [5.74, 6) is -1.41. The Morgan fingerprint density at radius 3 is 0.627 bits per heavy atom. The summed E-state index contributed by atoms with van der Waals surface area (Å²) in [5, 5.41) is 78.7. The number of rotatable bonds is 66. The van der Waals surface area contributed by atoms with E-state index in [1.807, 2.05) is 141 Å². The molecule has 0 heterocycles. The number of quaternary nitrogens is 9. The maximum Gasteiger partial charge on any atom is 0.321 e. The lowest BCUT2D eigenvalue weighted by Gasteiger charge is -2.19. The van der Waals surface area contributed by atoms with Crippen molar-refractivity contribution in [1.82, 2.24) is 0 Å². The molecule has 18 N–H and O–H groups in total. The van der Waals surface area contributed by atoms with E-state index in [9.17, 15) is 43.2 Å². The molecule has 756 valence electrons. The molecule has 0 aliphatic carbocycles. The second kappa shape index (κ2) is 108. The predicted molar refractivity (Wildman–Crippen MR) is 565 cm³/mol. The molecule has 0 rings (SSSR count). The third kappa shape index (κ3) is 109. The van der Waals surface area contributed by atoms with Crippen molar-refractivity contribution in [3.63, 3.8) is 0 Å². The van der Waals surface area contributed by atoms with Gasteiger partial charge in [0.15, 0.2) is 0 Å². The molecule has 0 aromatic heterocycles. The molecular weight excluding hydrogens is 2670 g/mol. The Balaban J connectivity index is -0.000000175. The largest absolute Gasteiger partial charge is 0.460 e. The van der Waals surface area contributed by atoms with Crippen LogP contribution in [0.3, 0.4) is 0 Å². The van der Waals surface area contributed by atoms with Crippen LogP contribution in [0.25, 0.3) is 0 Å². The zero-order chi connectivity index (χ0) is 98.4. The number of esters is 9. The van der Waals surface area contributed by atoms with E-state index in [-0.39, 0.29) is 121 Å². The fraction of sp³-hybridized carbons (Fsp3) is 0.889. The summed E-state index contributed by atoms with van der Waals surface area (Å²) >= 11 is 18.5. The molecule has 0 aromatic carbocycles. The van der Waals surface area contributed by atoms with Crippen molar-refractivity contribution in [2.45, 2.75) is 138 Å². The molecule has 0 bridgehead atoms. The zero-order valence-corrected chi connectivity index (χ0v) is 97.8. The minimum absolute atomic E-state index is 0.0377. The number of aliphatic hydroxyl groups excluding tert-OH is 9. The highest BCUT2D eigenvalue weighted by Gasteiger charge is 2.27. The molecule has 0 spiro atoms. The van der Waals surface area contributed by atoms with Crippen molar-refractivity contribution in [3.8, 4) is 0 Å². The third-order valence-corrected chi connectivity index (χ3v) is 22.9. The summed E-state index contributed by atoms with van der Waals surface area (Å²) < 4.78 is 47.1. The van der Waals surface area contributed by atoms with Crippen LogP contribution in [-0.4, -0.2) is 432 Å². The Kier molecular flexibility index (Phi) is 124. The standard InChI is InChI=1S/C10H20INO4.C10H20INO3.C10H20INO2.C9H18INO4.C9H18INO3.C9H18INO2.C8H16INO4.C8H16INO3.C8H16INO2/c1-10(2,11)9(15)16-8-5-12(3-6-13)4-7-14;1-2-12(6-8-13)7-9-15-10(14)4-3-5-11;1-5-12(6-2)7-8-14-9(13)10(3,4)11;1-8(10)9(14)15-7-4-11(2-5-12)3-6-13;1-2-11(5-7-12)6-8-14-9(13)3-4-10;1-4-11(5-2)6-7-13-9(12)8(3)10;9-7-8(13)14-6-3-10(1-4-11)2-5-12;1-2-10(3-5-11)4-6-13-8(12)7-9;1-3-10(4-2)5-6-12-8(11)7-9/h13-14H,3-8H2,1-2H3;13H,2-9H2,1H3;5-8H2,1-4H3;8,12-13H,2-7H2,1H3;12H,2-8H2,1H3;8H,4-7H2,1-3H3;11-12H,1-7H2;11H,2-7H2,1H3;3-7H2,1-2H3/p+9. The third-order valence-electron chi connectivity index (χ3n) is 17.8. The van der Waals surface area contributed by atoms with Crippen LogP contribution in [-0.2, 0) is 85.8 Å². The second-order valence-electron chi connectivity index (χ2n) is 28.5. The van der Waals surface area contributed by atoms with Gasteiger partial charge >= 0.3 is 53.7 Å². The number of alkyl halides is 9. The Morgan fingerprint density at radius 1 is 0.262 bits per heavy atom. The Bertz CT molecular complexity index is 2450.